The van der Waals surface area contributed by atoms with Gasteiger partial charge in [0.2, 0.25) is 0 Å². The smallest absolute Gasteiger partial charge is 0.346 e. The van der Waals surface area contributed by atoms with Crippen LogP contribution in [0.1, 0.15) is 0 Å². The zero-order valence-electron chi connectivity index (χ0n) is 7.20. The Hall–Kier alpha value is -0.330. The minimum atomic E-state index is -4.41. The van der Waals surface area contributed by atoms with Gasteiger partial charge < -0.3 is 14.9 Å². The Balaban J connectivity index is 4.53. The first kappa shape index (κ1) is 13.7. The summed E-state index contributed by atoms with van der Waals surface area (Å²) >= 11 is 3.73. The van der Waals surface area contributed by atoms with Gasteiger partial charge in [-0.1, -0.05) is 6.08 Å². The molecule has 0 aliphatic heterocycles. The van der Waals surface area contributed by atoms with Crippen LogP contribution >= 0.6 is 20.2 Å². The van der Waals surface area contributed by atoms with E-state index in [4.69, 9.17) is 14.9 Å². The summed E-state index contributed by atoms with van der Waals surface area (Å²) in [5.41, 5.74) is 0. The topological polar surface area (TPSA) is 107 Å². The molecule has 0 amide bonds. The van der Waals surface area contributed by atoms with Crippen molar-refractivity contribution in [2.45, 2.75) is 11.8 Å². The maximum absolute atomic E-state index is 10.8. The standard InChI is InChI=1S/C6H12NO5PS/c1-2-5(13(10,11)12)7-4(3-14)6(8)9/h2,4-5,7,14H,1,3H2,(H,8,9)(H2,10,11,12)/t4-,5?/m0/s1. The number of thiol groups is 1. The summed E-state index contributed by atoms with van der Waals surface area (Å²) < 4.78 is 10.8. The number of rotatable bonds is 6. The highest BCUT2D eigenvalue weighted by molar-refractivity contribution is 7.80. The average Bonchev–Trinajstić information content (AvgIpc) is 2.03. The fourth-order valence-electron chi connectivity index (χ4n) is 0.711. The van der Waals surface area contributed by atoms with E-state index >= 15 is 0 Å². The highest BCUT2D eigenvalue weighted by Crippen LogP contribution is 2.40. The Morgan fingerprint density at radius 2 is 2.14 bits per heavy atom. The Bertz CT molecular complexity index is 265. The molecule has 14 heavy (non-hydrogen) atoms. The van der Waals surface area contributed by atoms with E-state index in [1.54, 1.807) is 0 Å². The number of nitrogens with one attached hydrogen (secondary N) is 1. The zero-order chi connectivity index (χ0) is 11.4. The van der Waals surface area contributed by atoms with Gasteiger partial charge in [0.1, 0.15) is 11.8 Å². The van der Waals surface area contributed by atoms with E-state index in [0.717, 1.165) is 6.08 Å². The number of carboxylic acids is 1. The Morgan fingerprint density at radius 3 is 2.36 bits per heavy atom. The normalized spacial score (nSPS) is 15.9. The van der Waals surface area contributed by atoms with E-state index in [0.29, 0.717) is 0 Å². The molecule has 0 aliphatic carbocycles. The fraction of sp³-hybridized carbons (Fsp3) is 0.500. The first-order valence-electron chi connectivity index (χ1n) is 3.60. The number of aliphatic carboxylic acids is 1. The molecule has 0 saturated heterocycles. The number of hydrogen-bond acceptors (Lipinski definition) is 4. The van der Waals surface area contributed by atoms with Gasteiger partial charge in [0.15, 0.2) is 0 Å². The fourth-order valence-corrected chi connectivity index (χ4v) is 1.62. The highest BCUT2D eigenvalue weighted by atomic mass is 32.1. The van der Waals surface area contributed by atoms with Gasteiger partial charge in [0.05, 0.1) is 0 Å². The van der Waals surface area contributed by atoms with Crippen molar-refractivity contribution in [1.29, 1.82) is 0 Å². The third-order valence-electron chi connectivity index (χ3n) is 1.44. The van der Waals surface area contributed by atoms with Crippen molar-refractivity contribution in [3.63, 3.8) is 0 Å². The molecular formula is C6H12NO5PS. The summed E-state index contributed by atoms with van der Waals surface area (Å²) in [5, 5.41) is 10.8. The third kappa shape index (κ3) is 4.26. The molecule has 0 heterocycles. The van der Waals surface area contributed by atoms with Gasteiger partial charge in [-0.05, 0) is 0 Å². The number of carboxylic acid groups (broad SMARTS) is 1. The lowest BCUT2D eigenvalue weighted by molar-refractivity contribution is -0.138. The van der Waals surface area contributed by atoms with Crippen LogP contribution in [-0.2, 0) is 9.36 Å². The predicted molar refractivity (Wildman–Crippen MR) is 54.4 cm³/mol. The molecule has 0 aliphatic rings. The number of hydrogen-bond donors (Lipinski definition) is 5. The first-order valence-corrected chi connectivity index (χ1v) is 5.91. The lowest BCUT2D eigenvalue weighted by atomic mass is 10.3. The zero-order valence-corrected chi connectivity index (χ0v) is 8.99. The predicted octanol–water partition coefficient (Wildman–Crippen LogP) is -0.351. The van der Waals surface area contributed by atoms with Crippen LogP contribution in [0.3, 0.4) is 0 Å². The lowest BCUT2D eigenvalue weighted by Crippen LogP contribution is -2.43. The summed E-state index contributed by atoms with van der Waals surface area (Å²) in [6, 6.07) is -1.12. The van der Waals surface area contributed by atoms with E-state index in [1.165, 1.54) is 0 Å². The van der Waals surface area contributed by atoms with Crippen molar-refractivity contribution >= 4 is 26.2 Å². The number of carbonyl (C=O) groups is 1. The van der Waals surface area contributed by atoms with Crippen LogP contribution < -0.4 is 5.32 Å². The summed E-state index contributed by atoms with van der Waals surface area (Å²) in [4.78, 5) is 28.0. The highest BCUT2D eigenvalue weighted by Gasteiger charge is 2.29. The molecule has 0 fully saturated rings. The van der Waals surface area contributed by atoms with Crippen molar-refractivity contribution in [1.82, 2.24) is 5.32 Å². The van der Waals surface area contributed by atoms with Crippen molar-refractivity contribution in [2.75, 3.05) is 5.75 Å². The summed E-state index contributed by atoms with van der Waals surface area (Å²) in [7, 11) is -4.41. The summed E-state index contributed by atoms with van der Waals surface area (Å²) in [5.74, 6) is -2.66. The van der Waals surface area contributed by atoms with Crippen molar-refractivity contribution < 1.29 is 24.3 Å². The SMILES string of the molecule is C=CC(N[C@@H](CS)C(=O)O)P(=O)(O)O. The average molecular weight is 241 g/mol. The maximum atomic E-state index is 10.8. The van der Waals surface area contributed by atoms with Gasteiger partial charge in [-0.15, -0.1) is 6.58 Å². The van der Waals surface area contributed by atoms with Crippen molar-refractivity contribution in [2.24, 2.45) is 0 Å². The van der Waals surface area contributed by atoms with Crippen LogP contribution in [0.15, 0.2) is 12.7 Å². The molecule has 0 aromatic carbocycles. The molecule has 0 radical (unpaired) electrons. The van der Waals surface area contributed by atoms with Gasteiger partial charge in [0.25, 0.3) is 0 Å². The van der Waals surface area contributed by atoms with E-state index in [9.17, 15) is 9.36 Å². The summed E-state index contributed by atoms with van der Waals surface area (Å²) in [6.45, 7) is 3.20. The molecule has 0 aromatic heterocycles. The first-order chi connectivity index (χ1) is 6.32. The van der Waals surface area contributed by atoms with Crippen LogP contribution in [-0.4, -0.2) is 38.4 Å². The van der Waals surface area contributed by atoms with Crippen molar-refractivity contribution in [3.05, 3.63) is 12.7 Å². The molecule has 1 unspecified atom stereocenters. The second-order valence-electron chi connectivity index (χ2n) is 2.51. The Labute approximate surface area is 86.6 Å². The van der Waals surface area contributed by atoms with E-state index in [1.807, 2.05) is 0 Å². The molecule has 0 rings (SSSR count). The van der Waals surface area contributed by atoms with Gasteiger partial charge in [0, 0.05) is 5.75 Å². The van der Waals surface area contributed by atoms with Gasteiger partial charge in [-0.25, -0.2) is 0 Å². The Kier molecular flexibility index (Phi) is 5.40. The molecule has 4 N–H and O–H groups in total. The molecule has 0 aromatic rings. The quantitative estimate of drug-likeness (QED) is 0.247. The molecule has 0 spiro atoms. The molecule has 0 saturated carbocycles. The van der Waals surface area contributed by atoms with Gasteiger partial charge >= 0.3 is 13.6 Å². The lowest BCUT2D eigenvalue weighted by Gasteiger charge is -2.19. The summed E-state index contributed by atoms with van der Waals surface area (Å²) in [6.07, 6.45) is 0.972. The van der Waals surface area contributed by atoms with Gasteiger partial charge in [-0.2, -0.15) is 12.6 Å². The monoisotopic (exact) mass is 241 g/mol. The van der Waals surface area contributed by atoms with Crippen LogP contribution in [0.25, 0.3) is 0 Å². The van der Waals surface area contributed by atoms with Crippen LogP contribution in [0, 0.1) is 0 Å². The third-order valence-corrected chi connectivity index (χ3v) is 2.89. The van der Waals surface area contributed by atoms with E-state index < -0.39 is 25.4 Å². The minimum absolute atomic E-state index is 0.0698. The molecule has 2 atom stereocenters. The van der Waals surface area contributed by atoms with Crippen LogP contribution in [0.4, 0.5) is 0 Å². The molecule has 82 valence electrons. The van der Waals surface area contributed by atoms with Crippen molar-refractivity contribution in [3.8, 4) is 0 Å². The van der Waals surface area contributed by atoms with Crippen LogP contribution in [0.2, 0.25) is 0 Å². The molecule has 6 nitrogen and oxygen atoms in total. The van der Waals surface area contributed by atoms with Crippen LogP contribution in [0.5, 0.6) is 0 Å². The molecular weight excluding hydrogens is 229 g/mol. The largest absolute Gasteiger partial charge is 0.480 e. The van der Waals surface area contributed by atoms with E-state index in [2.05, 4.69) is 24.5 Å². The van der Waals surface area contributed by atoms with E-state index in [-0.39, 0.29) is 5.75 Å². The Morgan fingerprint density at radius 1 is 1.64 bits per heavy atom. The molecule has 0 bridgehead atoms. The second-order valence-corrected chi connectivity index (χ2v) is 4.61. The maximum Gasteiger partial charge on any atom is 0.346 e. The van der Waals surface area contributed by atoms with Gasteiger partial charge in [-0.3, -0.25) is 14.7 Å². The molecule has 8 heteroatoms. The second kappa shape index (κ2) is 5.53. The minimum Gasteiger partial charge on any atom is -0.480 e.